The van der Waals surface area contributed by atoms with E-state index in [1.165, 1.54) is 32.1 Å². The standard InChI is InChI=1S/C38H42N2O6/c1-39-15-13-25-20-32(42-4)34-22-28(25)29(39)17-23-7-10-27(11-8-23)45-33-19-24(9-12-31(33)41-3)18-30-36-26(14-16-40(30)2)21-35(43-5)37(44-6)38(36)46-34/h7-12,19-22,29-30H,13-18H2,1-6H3/p+2/t29-,30+/m0/s1. The van der Waals surface area contributed by atoms with E-state index < -0.39 is 0 Å². The molecule has 0 fully saturated rings. The SMILES string of the molecule is COc1ccc2cc1Oc1ccc(cc1)C[C@H]1c3cc(c(OC)cc3CC[NH+]1C)Oc1c(OC)c(OC)cc3c1[C@@H](C2)[NH+](C)CC3. The monoisotopic (exact) mass is 624 g/mol. The van der Waals surface area contributed by atoms with Gasteiger partial charge in [-0.3, -0.25) is 0 Å². The lowest BCUT2D eigenvalue weighted by atomic mass is 9.87. The van der Waals surface area contributed by atoms with Crippen LogP contribution in [-0.4, -0.2) is 55.6 Å². The van der Waals surface area contributed by atoms with Crippen molar-refractivity contribution >= 4 is 0 Å². The van der Waals surface area contributed by atoms with Gasteiger partial charge in [-0.1, -0.05) is 18.2 Å². The first-order chi connectivity index (χ1) is 22.4. The molecule has 0 spiro atoms. The van der Waals surface area contributed by atoms with Crippen LogP contribution in [0.4, 0.5) is 0 Å². The van der Waals surface area contributed by atoms with E-state index in [4.69, 9.17) is 28.4 Å². The van der Waals surface area contributed by atoms with Crippen LogP contribution in [0.1, 0.15) is 45.5 Å². The van der Waals surface area contributed by atoms with Crippen molar-refractivity contribution in [2.24, 2.45) is 0 Å². The third-order valence-corrected chi connectivity index (χ3v) is 10.1. The van der Waals surface area contributed by atoms with Gasteiger partial charge in [0.2, 0.25) is 5.75 Å². The highest BCUT2D eigenvalue weighted by molar-refractivity contribution is 5.63. The summed E-state index contributed by atoms with van der Waals surface area (Å²) in [6.45, 7) is 2.03. The average Bonchev–Trinajstić information content (AvgIpc) is 3.07. The van der Waals surface area contributed by atoms with Crippen LogP contribution in [-0.2, 0) is 25.7 Å². The Hall–Kier alpha value is -4.40. The molecule has 4 aliphatic rings. The lowest BCUT2D eigenvalue weighted by Crippen LogP contribution is -3.10. The minimum absolute atomic E-state index is 0.0879. The number of hydrogen-bond donors (Lipinski definition) is 2. The van der Waals surface area contributed by atoms with Crippen molar-refractivity contribution in [2.75, 3.05) is 55.6 Å². The smallest absolute Gasteiger partial charge is 0.204 e. The summed E-state index contributed by atoms with van der Waals surface area (Å²) >= 11 is 0. The van der Waals surface area contributed by atoms with Crippen LogP contribution in [0.15, 0.2) is 60.7 Å². The molecular formula is C38H44N2O6+2. The molecule has 4 heterocycles. The van der Waals surface area contributed by atoms with E-state index in [2.05, 4.69) is 68.7 Å². The van der Waals surface area contributed by atoms with E-state index in [9.17, 15) is 0 Å². The molecule has 4 aromatic carbocycles. The van der Waals surface area contributed by atoms with Crippen molar-refractivity contribution in [2.45, 2.75) is 37.8 Å². The van der Waals surface area contributed by atoms with Gasteiger partial charge in [0.05, 0.1) is 61.2 Å². The van der Waals surface area contributed by atoms with E-state index in [-0.39, 0.29) is 12.1 Å². The van der Waals surface area contributed by atoms with Gasteiger partial charge in [-0.25, -0.2) is 0 Å². The molecule has 240 valence electrons. The maximum atomic E-state index is 7.05. The zero-order valence-corrected chi connectivity index (χ0v) is 27.6. The molecule has 8 rings (SSSR count). The first-order valence-electron chi connectivity index (χ1n) is 16.1. The van der Waals surface area contributed by atoms with Crippen molar-refractivity contribution in [1.82, 2.24) is 0 Å². The Balaban J connectivity index is 1.47. The van der Waals surface area contributed by atoms with Gasteiger partial charge in [0.1, 0.15) is 17.8 Å². The fourth-order valence-electron chi connectivity index (χ4n) is 7.53. The summed E-state index contributed by atoms with van der Waals surface area (Å²) in [6, 6.07) is 21.5. The van der Waals surface area contributed by atoms with Crippen LogP contribution in [0, 0.1) is 0 Å². The highest BCUT2D eigenvalue weighted by Gasteiger charge is 2.37. The quantitative estimate of drug-likeness (QED) is 0.353. The molecule has 4 atom stereocenters. The molecule has 46 heavy (non-hydrogen) atoms. The van der Waals surface area contributed by atoms with Crippen LogP contribution in [0.25, 0.3) is 0 Å². The molecule has 2 N–H and O–H groups in total. The predicted molar refractivity (Wildman–Crippen MR) is 176 cm³/mol. The topological polar surface area (TPSA) is 64.3 Å². The average molecular weight is 625 g/mol. The Bertz CT molecular complexity index is 1750. The summed E-state index contributed by atoms with van der Waals surface area (Å²) in [5, 5.41) is 0. The third-order valence-electron chi connectivity index (χ3n) is 10.1. The molecule has 8 heteroatoms. The Morgan fingerprint density at radius 2 is 1.24 bits per heavy atom. The zero-order valence-electron chi connectivity index (χ0n) is 27.6. The van der Waals surface area contributed by atoms with Crippen LogP contribution in [0.2, 0.25) is 0 Å². The van der Waals surface area contributed by atoms with Crippen LogP contribution >= 0.6 is 0 Å². The van der Waals surface area contributed by atoms with Gasteiger partial charge in [-0.2, -0.15) is 0 Å². The summed E-state index contributed by atoms with van der Waals surface area (Å²) in [6.07, 6.45) is 3.53. The molecule has 0 radical (unpaired) electrons. The van der Waals surface area contributed by atoms with Crippen molar-refractivity contribution < 1.29 is 38.2 Å². The number of hydrogen-bond acceptors (Lipinski definition) is 6. The van der Waals surface area contributed by atoms with Gasteiger partial charge >= 0.3 is 0 Å². The van der Waals surface area contributed by atoms with Gasteiger partial charge in [0.25, 0.3) is 0 Å². The number of ether oxygens (including phenoxy) is 6. The van der Waals surface area contributed by atoms with Gasteiger partial charge in [-0.05, 0) is 64.7 Å². The molecule has 0 saturated heterocycles. The fourth-order valence-corrected chi connectivity index (χ4v) is 7.53. The zero-order chi connectivity index (χ0) is 31.9. The van der Waals surface area contributed by atoms with Gasteiger partial charge in [0.15, 0.2) is 34.5 Å². The second-order valence-corrected chi connectivity index (χ2v) is 12.8. The number of likely N-dealkylation sites (N-methyl/N-ethyl adjacent to an activating group) is 2. The highest BCUT2D eigenvalue weighted by atomic mass is 16.5. The first-order valence-corrected chi connectivity index (χ1v) is 16.1. The lowest BCUT2D eigenvalue weighted by Gasteiger charge is -2.35. The number of fused-ring (bicyclic) bond motifs is 2. The van der Waals surface area contributed by atoms with Crippen molar-refractivity contribution in [3.8, 4) is 46.0 Å². The summed E-state index contributed by atoms with van der Waals surface area (Å²) in [7, 11) is 11.3. The normalized spacial score (nSPS) is 21.5. The number of nitrogens with one attached hydrogen (secondary N) is 2. The molecule has 8 nitrogen and oxygen atoms in total. The second-order valence-electron chi connectivity index (χ2n) is 12.8. The second kappa shape index (κ2) is 12.4. The fraction of sp³-hybridized carbons (Fsp3) is 0.368. The largest absolute Gasteiger partial charge is 0.493 e. The van der Waals surface area contributed by atoms with Gasteiger partial charge in [-0.15, -0.1) is 0 Å². The van der Waals surface area contributed by atoms with Gasteiger partial charge < -0.3 is 38.2 Å². The molecular weight excluding hydrogens is 580 g/mol. The predicted octanol–water partition coefficient (Wildman–Crippen LogP) is 4.33. The van der Waals surface area contributed by atoms with Crippen LogP contribution < -0.4 is 38.2 Å². The lowest BCUT2D eigenvalue weighted by molar-refractivity contribution is -0.914. The van der Waals surface area contributed by atoms with E-state index in [1.54, 1.807) is 28.4 Å². The van der Waals surface area contributed by atoms with E-state index >= 15 is 0 Å². The third kappa shape index (κ3) is 5.39. The minimum Gasteiger partial charge on any atom is -0.493 e. The van der Waals surface area contributed by atoms with Crippen molar-refractivity contribution in [3.63, 3.8) is 0 Å². The maximum Gasteiger partial charge on any atom is 0.204 e. The molecule has 6 bridgehead atoms. The number of methoxy groups -OCH3 is 4. The Morgan fingerprint density at radius 1 is 0.609 bits per heavy atom. The summed E-state index contributed by atoms with van der Waals surface area (Å²) in [4.78, 5) is 2.87. The highest BCUT2D eigenvalue weighted by Crippen LogP contribution is 2.49. The van der Waals surface area contributed by atoms with E-state index in [0.29, 0.717) is 34.5 Å². The van der Waals surface area contributed by atoms with E-state index in [0.717, 1.165) is 61.4 Å². The summed E-state index contributed by atoms with van der Waals surface area (Å²) in [5.74, 6) is 5.54. The Labute approximate surface area is 271 Å². The van der Waals surface area contributed by atoms with Gasteiger partial charge in [0, 0.05) is 31.2 Å². The summed E-state index contributed by atoms with van der Waals surface area (Å²) < 4.78 is 37.2. The van der Waals surface area contributed by atoms with Crippen molar-refractivity contribution in [3.05, 3.63) is 94.0 Å². The number of rotatable bonds is 4. The molecule has 0 aliphatic carbocycles. The minimum atomic E-state index is 0.0879. The number of quaternary nitrogens is 2. The molecule has 0 aromatic heterocycles. The molecule has 4 aliphatic heterocycles. The molecule has 4 aromatic rings. The molecule has 0 saturated carbocycles. The maximum absolute atomic E-state index is 7.05. The Morgan fingerprint density at radius 3 is 1.96 bits per heavy atom. The first kappa shape index (κ1) is 30.3. The molecule has 2 unspecified atom stereocenters. The van der Waals surface area contributed by atoms with Crippen molar-refractivity contribution in [1.29, 1.82) is 0 Å². The molecule has 0 amide bonds. The van der Waals surface area contributed by atoms with E-state index in [1.807, 2.05) is 6.07 Å². The number of benzene rings is 4. The van der Waals surface area contributed by atoms with Crippen LogP contribution in [0.5, 0.6) is 46.0 Å². The Kier molecular flexibility index (Phi) is 8.17. The summed E-state index contributed by atoms with van der Waals surface area (Å²) in [5.41, 5.74) is 7.33. The van der Waals surface area contributed by atoms with Crippen LogP contribution in [0.3, 0.4) is 0 Å².